The first kappa shape index (κ1) is 12.3. The number of nitrogens with zero attached hydrogens (tertiary/aromatic N) is 2. The van der Waals surface area contributed by atoms with Crippen LogP contribution in [-0.4, -0.2) is 22.9 Å². The Labute approximate surface area is 111 Å². The Hall–Kier alpha value is -1.11. The minimum atomic E-state index is -1.57. The molecule has 0 radical (unpaired) electrons. The number of benzene rings is 1. The maximum Gasteiger partial charge on any atom is 0.269 e. The fraction of sp³-hybridized carbons (Fsp3) is 0.111. The second kappa shape index (κ2) is 5.03. The van der Waals surface area contributed by atoms with Gasteiger partial charge in [-0.05, 0) is 18.2 Å². The first-order valence-electron chi connectivity index (χ1n) is 4.60. The standard InChI is InChI=1S/C9H8Cl2N4OS/c1-12-8-9(15-17(16)14-8)13-5-2-3-6(10)7(11)4-5/h2-4H,1H3,(H,12,14)(H,13,15). The van der Waals surface area contributed by atoms with Gasteiger partial charge in [0.2, 0.25) is 0 Å². The Balaban J connectivity index is 2.22. The summed E-state index contributed by atoms with van der Waals surface area (Å²) in [4.78, 5) is 0. The van der Waals surface area contributed by atoms with E-state index < -0.39 is 11.2 Å². The van der Waals surface area contributed by atoms with Gasteiger partial charge in [0.25, 0.3) is 11.2 Å². The van der Waals surface area contributed by atoms with Crippen molar-refractivity contribution in [2.24, 2.45) is 8.80 Å². The van der Waals surface area contributed by atoms with Gasteiger partial charge in [-0.1, -0.05) is 23.2 Å². The largest absolute Gasteiger partial charge is 0.369 e. The van der Waals surface area contributed by atoms with Gasteiger partial charge in [0.1, 0.15) is 0 Å². The molecule has 2 N–H and O–H groups in total. The maximum atomic E-state index is 11.1. The van der Waals surface area contributed by atoms with Crippen molar-refractivity contribution in [1.29, 1.82) is 0 Å². The fourth-order valence-electron chi connectivity index (χ4n) is 1.22. The summed E-state index contributed by atoms with van der Waals surface area (Å²) >= 11 is 10.1. The Kier molecular flexibility index (Phi) is 3.66. The van der Waals surface area contributed by atoms with Crippen molar-refractivity contribution in [3.63, 3.8) is 0 Å². The van der Waals surface area contributed by atoms with Crippen molar-refractivity contribution in [1.82, 2.24) is 5.32 Å². The highest BCUT2D eigenvalue weighted by atomic mass is 35.5. The summed E-state index contributed by atoms with van der Waals surface area (Å²) in [5, 5.41) is 6.66. The van der Waals surface area contributed by atoms with E-state index in [9.17, 15) is 4.21 Å². The van der Waals surface area contributed by atoms with Crippen molar-refractivity contribution in [2.75, 3.05) is 12.4 Å². The molecule has 0 bridgehead atoms. The van der Waals surface area contributed by atoms with Crippen LogP contribution in [0.1, 0.15) is 0 Å². The van der Waals surface area contributed by atoms with Crippen LogP contribution in [0.3, 0.4) is 0 Å². The van der Waals surface area contributed by atoms with Crippen molar-refractivity contribution >= 4 is 51.7 Å². The number of anilines is 1. The van der Waals surface area contributed by atoms with Gasteiger partial charge < -0.3 is 10.6 Å². The lowest BCUT2D eigenvalue weighted by molar-refractivity contribution is 0.686. The van der Waals surface area contributed by atoms with Crippen LogP contribution in [-0.2, 0) is 11.2 Å². The average Bonchev–Trinajstić information content (AvgIpc) is 2.64. The smallest absolute Gasteiger partial charge is 0.269 e. The predicted molar refractivity (Wildman–Crippen MR) is 72.2 cm³/mol. The molecule has 0 fully saturated rings. The third kappa shape index (κ3) is 2.77. The molecule has 1 aromatic carbocycles. The van der Waals surface area contributed by atoms with E-state index in [1.807, 2.05) is 0 Å². The summed E-state index contributed by atoms with van der Waals surface area (Å²) in [6, 6.07) is 5.06. The molecule has 0 spiro atoms. The van der Waals surface area contributed by atoms with Crippen LogP contribution in [0.5, 0.6) is 0 Å². The molecule has 0 saturated heterocycles. The molecule has 1 aliphatic heterocycles. The highest BCUT2D eigenvalue weighted by molar-refractivity contribution is 7.83. The van der Waals surface area contributed by atoms with E-state index in [4.69, 9.17) is 23.2 Å². The summed E-state index contributed by atoms with van der Waals surface area (Å²) in [5.41, 5.74) is 0.694. The zero-order valence-corrected chi connectivity index (χ0v) is 11.0. The van der Waals surface area contributed by atoms with E-state index in [2.05, 4.69) is 19.4 Å². The van der Waals surface area contributed by atoms with E-state index in [0.717, 1.165) is 0 Å². The number of hydrogen-bond acceptors (Lipinski definition) is 3. The zero-order valence-electron chi connectivity index (χ0n) is 8.70. The molecule has 1 heterocycles. The predicted octanol–water partition coefficient (Wildman–Crippen LogP) is 2.01. The van der Waals surface area contributed by atoms with E-state index >= 15 is 0 Å². The molecule has 5 nitrogen and oxygen atoms in total. The second-order valence-electron chi connectivity index (χ2n) is 3.11. The number of halogens is 2. The Bertz CT molecular complexity index is 544. The molecule has 1 atom stereocenters. The van der Waals surface area contributed by atoms with Gasteiger partial charge >= 0.3 is 0 Å². The summed E-state index contributed by atoms with van der Waals surface area (Å²) in [7, 11) is 1.67. The summed E-state index contributed by atoms with van der Waals surface area (Å²) in [6.07, 6.45) is 0. The molecular formula is C9H8Cl2N4OS. The van der Waals surface area contributed by atoms with Crippen LogP contribution in [0, 0.1) is 0 Å². The molecule has 0 aromatic heterocycles. The van der Waals surface area contributed by atoms with Gasteiger partial charge in [-0.25, -0.2) is 4.21 Å². The first-order valence-corrected chi connectivity index (χ1v) is 6.41. The van der Waals surface area contributed by atoms with Crippen LogP contribution >= 0.6 is 23.2 Å². The van der Waals surface area contributed by atoms with E-state index in [1.165, 1.54) is 0 Å². The molecule has 17 heavy (non-hydrogen) atoms. The van der Waals surface area contributed by atoms with Crippen molar-refractivity contribution in [3.8, 4) is 0 Å². The molecule has 1 unspecified atom stereocenters. The van der Waals surface area contributed by atoms with Gasteiger partial charge in [0, 0.05) is 12.7 Å². The summed E-state index contributed by atoms with van der Waals surface area (Å²) in [5.74, 6) is 0.846. The molecule has 2 rings (SSSR count). The Morgan fingerprint density at radius 2 is 1.88 bits per heavy atom. The highest BCUT2D eigenvalue weighted by Gasteiger charge is 2.17. The first-order chi connectivity index (χ1) is 8.10. The average molecular weight is 291 g/mol. The fourth-order valence-corrected chi connectivity index (χ4v) is 2.18. The van der Waals surface area contributed by atoms with Crippen molar-refractivity contribution in [2.45, 2.75) is 0 Å². The second-order valence-corrected chi connectivity index (χ2v) is 4.76. The van der Waals surface area contributed by atoms with E-state index in [1.54, 1.807) is 25.2 Å². The number of rotatable bonds is 1. The minimum absolute atomic E-state index is 0.407. The van der Waals surface area contributed by atoms with Gasteiger partial charge in [-0.2, -0.15) is 0 Å². The molecular weight excluding hydrogens is 283 g/mol. The van der Waals surface area contributed by atoms with Crippen LogP contribution in [0.4, 0.5) is 5.69 Å². The number of amidine groups is 2. The lowest BCUT2D eigenvalue weighted by Crippen LogP contribution is -2.31. The Morgan fingerprint density at radius 1 is 1.18 bits per heavy atom. The van der Waals surface area contributed by atoms with Crippen molar-refractivity contribution < 1.29 is 4.21 Å². The van der Waals surface area contributed by atoms with E-state index in [0.29, 0.717) is 27.4 Å². The number of hydrogen-bond donors (Lipinski definition) is 2. The Morgan fingerprint density at radius 3 is 2.53 bits per heavy atom. The zero-order chi connectivity index (χ0) is 12.4. The van der Waals surface area contributed by atoms with Gasteiger partial charge in [0.15, 0.2) is 11.7 Å². The lowest BCUT2D eigenvalue weighted by atomic mass is 10.3. The minimum Gasteiger partial charge on any atom is -0.369 e. The van der Waals surface area contributed by atoms with E-state index in [-0.39, 0.29) is 0 Å². The molecule has 0 amide bonds. The van der Waals surface area contributed by atoms with Crippen LogP contribution in [0.25, 0.3) is 0 Å². The molecule has 1 aliphatic rings. The molecule has 0 aliphatic carbocycles. The number of likely N-dealkylation sites (N-methyl/N-ethyl adjacent to an activating group) is 1. The highest BCUT2D eigenvalue weighted by Crippen LogP contribution is 2.25. The molecule has 90 valence electrons. The topological polar surface area (TPSA) is 65.8 Å². The molecule has 8 heteroatoms. The van der Waals surface area contributed by atoms with Gasteiger partial charge in [-0.15, -0.1) is 8.80 Å². The van der Waals surface area contributed by atoms with Gasteiger partial charge in [0.05, 0.1) is 10.0 Å². The monoisotopic (exact) mass is 290 g/mol. The van der Waals surface area contributed by atoms with Crippen molar-refractivity contribution in [3.05, 3.63) is 28.2 Å². The summed E-state index contributed by atoms with van der Waals surface area (Å²) in [6.45, 7) is 0. The summed E-state index contributed by atoms with van der Waals surface area (Å²) < 4.78 is 18.7. The quantitative estimate of drug-likeness (QED) is 0.832. The maximum absolute atomic E-state index is 11.1. The normalized spacial score (nSPS) is 18.6. The molecule has 0 saturated carbocycles. The lowest BCUT2D eigenvalue weighted by Gasteiger charge is -2.07. The third-order valence-electron chi connectivity index (χ3n) is 1.98. The van der Waals surface area contributed by atoms with Crippen LogP contribution in [0.2, 0.25) is 10.0 Å². The third-order valence-corrected chi connectivity index (χ3v) is 3.40. The SMILES string of the molecule is CNC1=NS(=O)N=C1Nc1ccc(Cl)c(Cl)c1. The van der Waals surface area contributed by atoms with Crippen LogP contribution in [0.15, 0.2) is 27.0 Å². The number of nitrogens with one attached hydrogen (secondary N) is 2. The van der Waals surface area contributed by atoms with Gasteiger partial charge in [-0.3, -0.25) is 0 Å². The van der Waals surface area contributed by atoms with Crippen LogP contribution < -0.4 is 10.6 Å². The molecule has 1 aromatic rings.